The van der Waals surface area contributed by atoms with Crippen LogP contribution in [0.4, 0.5) is 0 Å². The van der Waals surface area contributed by atoms with Gasteiger partial charge < -0.3 is 15.0 Å². The number of likely N-dealkylation sites (tertiary alicyclic amines) is 1. The Kier molecular flexibility index (Phi) is 5.51. The number of carbonyl (C=O) groups excluding carboxylic acids is 2. The molecule has 3 rings (SSSR count). The number of hydrogen-bond donors (Lipinski definition) is 1. The lowest BCUT2D eigenvalue weighted by Gasteiger charge is -2.31. The maximum atomic E-state index is 12.5. The molecule has 1 unspecified atom stereocenters. The van der Waals surface area contributed by atoms with Gasteiger partial charge in [-0.2, -0.15) is 0 Å². The molecule has 2 aliphatic heterocycles. The molecule has 0 spiro atoms. The van der Waals surface area contributed by atoms with Gasteiger partial charge in [0.2, 0.25) is 5.91 Å². The predicted octanol–water partition coefficient (Wildman–Crippen LogP) is 2.14. The summed E-state index contributed by atoms with van der Waals surface area (Å²) in [6.07, 6.45) is 3.76. The van der Waals surface area contributed by atoms with E-state index < -0.39 is 0 Å². The average Bonchev–Trinajstić information content (AvgIpc) is 3.13. The van der Waals surface area contributed by atoms with Crippen molar-refractivity contribution in [3.05, 3.63) is 35.4 Å². The molecule has 2 amide bonds. The summed E-state index contributed by atoms with van der Waals surface area (Å²) in [4.78, 5) is 26.6. The van der Waals surface area contributed by atoms with Crippen molar-refractivity contribution in [3.63, 3.8) is 0 Å². The number of nitrogens with zero attached hydrogens (tertiary/aromatic N) is 1. The second kappa shape index (κ2) is 7.79. The van der Waals surface area contributed by atoms with E-state index in [-0.39, 0.29) is 23.8 Å². The van der Waals surface area contributed by atoms with Crippen molar-refractivity contribution in [2.45, 2.75) is 38.7 Å². The molecule has 130 valence electrons. The number of ether oxygens (including phenoxy) is 1. The van der Waals surface area contributed by atoms with Crippen molar-refractivity contribution in [2.24, 2.45) is 5.92 Å². The summed E-state index contributed by atoms with van der Waals surface area (Å²) in [6.45, 7) is 4.71. The number of nitrogens with one attached hydrogen (secondary N) is 1. The molecule has 1 aromatic carbocycles. The molecular weight excluding hydrogens is 304 g/mol. The SMILES string of the molecule is Cc1ccc(C(=O)N2CCC(C(=O)NCC3CCCO3)CC2)cc1. The lowest BCUT2D eigenvalue weighted by molar-refractivity contribution is -0.126. The zero-order valence-electron chi connectivity index (χ0n) is 14.3. The van der Waals surface area contributed by atoms with Gasteiger partial charge in [-0.05, 0) is 44.7 Å². The molecule has 5 heteroatoms. The van der Waals surface area contributed by atoms with Gasteiger partial charge in [-0.25, -0.2) is 0 Å². The fraction of sp³-hybridized carbons (Fsp3) is 0.579. The number of amides is 2. The zero-order chi connectivity index (χ0) is 16.9. The second-order valence-corrected chi connectivity index (χ2v) is 6.81. The van der Waals surface area contributed by atoms with Crippen LogP contribution >= 0.6 is 0 Å². The van der Waals surface area contributed by atoms with Gasteiger partial charge in [-0.1, -0.05) is 17.7 Å². The van der Waals surface area contributed by atoms with E-state index in [4.69, 9.17) is 4.74 Å². The molecule has 0 saturated carbocycles. The van der Waals surface area contributed by atoms with Gasteiger partial charge in [0.05, 0.1) is 6.10 Å². The van der Waals surface area contributed by atoms with E-state index in [1.807, 2.05) is 36.1 Å². The Hall–Kier alpha value is -1.88. The van der Waals surface area contributed by atoms with E-state index in [9.17, 15) is 9.59 Å². The predicted molar refractivity (Wildman–Crippen MR) is 91.8 cm³/mol. The van der Waals surface area contributed by atoms with Crippen molar-refractivity contribution >= 4 is 11.8 Å². The molecule has 1 atom stereocenters. The standard InChI is InChI=1S/C19H26N2O3/c1-14-4-6-16(7-5-14)19(23)21-10-8-15(9-11-21)18(22)20-13-17-3-2-12-24-17/h4-7,15,17H,2-3,8-13H2,1H3,(H,20,22). The third kappa shape index (κ3) is 4.15. The minimum atomic E-state index is 0.00784. The Morgan fingerprint density at radius 2 is 1.88 bits per heavy atom. The minimum absolute atomic E-state index is 0.00784. The average molecular weight is 330 g/mol. The van der Waals surface area contributed by atoms with Gasteiger partial charge in [-0.3, -0.25) is 9.59 Å². The van der Waals surface area contributed by atoms with Crippen LogP contribution in [0.2, 0.25) is 0 Å². The molecule has 2 heterocycles. The molecule has 0 aliphatic carbocycles. The monoisotopic (exact) mass is 330 g/mol. The highest BCUT2D eigenvalue weighted by Crippen LogP contribution is 2.20. The highest BCUT2D eigenvalue weighted by molar-refractivity contribution is 5.94. The smallest absolute Gasteiger partial charge is 0.253 e. The molecule has 5 nitrogen and oxygen atoms in total. The topological polar surface area (TPSA) is 58.6 Å². The maximum Gasteiger partial charge on any atom is 0.253 e. The van der Waals surface area contributed by atoms with Crippen molar-refractivity contribution in [1.29, 1.82) is 0 Å². The molecule has 2 aliphatic rings. The molecule has 2 saturated heterocycles. The summed E-state index contributed by atoms with van der Waals surface area (Å²) in [6, 6.07) is 7.66. The van der Waals surface area contributed by atoms with Gasteiger partial charge in [-0.15, -0.1) is 0 Å². The first-order valence-corrected chi connectivity index (χ1v) is 8.89. The van der Waals surface area contributed by atoms with Crippen LogP contribution in [0.3, 0.4) is 0 Å². The molecule has 24 heavy (non-hydrogen) atoms. The first-order chi connectivity index (χ1) is 11.6. The summed E-state index contributed by atoms with van der Waals surface area (Å²) in [5.41, 5.74) is 1.87. The highest BCUT2D eigenvalue weighted by Gasteiger charge is 2.28. The van der Waals surface area contributed by atoms with E-state index in [2.05, 4.69) is 5.32 Å². The van der Waals surface area contributed by atoms with E-state index >= 15 is 0 Å². The fourth-order valence-electron chi connectivity index (χ4n) is 3.39. The molecular formula is C19H26N2O3. The Morgan fingerprint density at radius 3 is 2.50 bits per heavy atom. The first-order valence-electron chi connectivity index (χ1n) is 8.89. The second-order valence-electron chi connectivity index (χ2n) is 6.81. The number of piperidine rings is 1. The number of rotatable bonds is 4. The Morgan fingerprint density at radius 1 is 1.17 bits per heavy atom. The molecule has 0 radical (unpaired) electrons. The lowest BCUT2D eigenvalue weighted by Crippen LogP contribution is -2.44. The highest BCUT2D eigenvalue weighted by atomic mass is 16.5. The summed E-state index contributed by atoms with van der Waals surface area (Å²) >= 11 is 0. The first kappa shape index (κ1) is 17.0. The van der Waals surface area contributed by atoms with Crippen LogP contribution in [0, 0.1) is 12.8 Å². The van der Waals surface area contributed by atoms with Crippen molar-refractivity contribution < 1.29 is 14.3 Å². The Bertz CT molecular complexity index is 571. The van der Waals surface area contributed by atoms with Gasteiger partial charge in [0.1, 0.15) is 0 Å². The Balaban J connectivity index is 1.45. The van der Waals surface area contributed by atoms with Crippen LogP contribution in [0.5, 0.6) is 0 Å². The number of benzene rings is 1. The molecule has 2 fully saturated rings. The van der Waals surface area contributed by atoms with Crippen LogP contribution in [0.15, 0.2) is 24.3 Å². The van der Waals surface area contributed by atoms with Gasteiger partial charge in [0, 0.05) is 37.7 Å². The van der Waals surface area contributed by atoms with Crippen molar-refractivity contribution in [3.8, 4) is 0 Å². The number of hydrogen-bond acceptors (Lipinski definition) is 3. The van der Waals surface area contributed by atoms with Crippen molar-refractivity contribution in [1.82, 2.24) is 10.2 Å². The van der Waals surface area contributed by atoms with Crippen LogP contribution in [-0.2, 0) is 9.53 Å². The molecule has 1 N–H and O–H groups in total. The number of carbonyl (C=O) groups is 2. The number of aryl methyl sites for hydroxylation is 1. The van der Waals surface area contributed by atoms with Crippen molar-refractivity contribution in [2.75, 3.05) is 26.2 Å². The quantitative estimate of drug-likeness (QED) is 0.920. The van der Waals surface area contributed by atoms with Crippen LogP contribution in [0.1, 0.15) is 41.6 Å². The van der Waals surface area contributed by atoms with Gasteiger partial charge in [0.25, 0.3) is 5.91 Å². The third-order valence-corrected chi connectivity index (χ3v) is 4.98. The molecule has 0 aromatic heterocycles. The van der Waals surface area contributed by atoms with E-state index in [0.717, 1.165) is 43.4 Å². The summed E-state index contributed by atoms with van der Waals surface area (Å²) in [5.74, 6) is 0.176. The third-order valence-electron chi connectivity index (χ3n) is 4.98. The van der Waals surface area contributed by atoms with Crippen LogP contribution in [-0.4, -0.2) is 49.1 Å². The summed E-state index contributed by atoms with van der Waals surface area (Å²) < 4.78 is 5.53. The molecule has 0 bridgehead atoms. The van der Waals surface area contributed by atoms with Gasteiger partial charge >= 0.3 is 0 Å². The van der Waals surface area contributed by atoms with E-state index in [1.165, 1.54) is 0 Å². The fourth-order valence-corrected chi connectivity index (χ4v) is 3.39. The van der Waals surface area contributed by atoms with Gasteiger partial charge in [0.15, 0.2) is 0 Å². The van der Waals surface area contributed by atoms with E-state index in [0.29, 0.717) is 19.6 Å². The van der Waals surface area contributed by atoms with E-state index in [1.54, 1.807) is 0 Å². The normalized spacial score (nSPS) is 21.7. The lowest BCUT2D eigenvalue weighted by atomic mass is 9.95. The molecule has 1 aromatic rings. The van der Waals surface area contributed by atoms with Crippen LogP contribution < -0.4 is 5.32 Å². The minimum Gasteiger partial charge on any atom is -0.376 e. The maximum absolute atomic E-state index is 12.5. The summed E-state index contributed by atoms with van der Waals surface area (Å²) in [5, 5.41) is 3.01. The van der Waals surface area contributed by atoms with Crippen LogP contribution in [0.25, 0.3) is 0 Å². The largest absolute Gasteiger partial charge is 0.376 e. The Labute approximate surface area is 143 Å². The zero-order valence-corrected chi connectivity index (χ0v) is 14.3. The summed E-state index contributed by atoms with van der Waals surface area (Å²) in [7, 11) is 0.